The fourth-order valence-corrected chi connectivity index (χ4v) is 5.30. The van der Waals surface area contributed by atoms with Crippen LogP contribution in [0.3, 0.4) is 0 Å². The van der Waals surface area contributed by atoms with Gasteiger partial charge in [0.1, 0.15) is 0 Å². The van der Waals surface area contributed by atoms with Crippen molar-refractivity contribution in [2.24, 2.45) is 0 Å². The number of hydrogen-bond acceptors (Lipinski definition) is 5. The topological polar surface area (TPSA) is 97.8 Å². The van der Waals surface area contributed by atoms with E-state index >= 15 is 0 Å². The van der Waals surface area contributed by atoms with E-state index in [4.69, 9.17) is 0 Å². The molecule has 148 valence electrons. The van der Waals surface area contributed by atoms with Crippen LogP contribution < -0.4 is 5.11 Å². The number of nitrogens with zero attached hydrogens (tertiary/aromatic N) is 2. The van der Waals surface area contributed by atoms with Crippen LogP contribution in [-0.4, -0.2) is 55.2 Å². The Morgan fingerprint density at radius 3 is 2.07 bits per heavy atom. The summed E-state index contributed by atoms with van der Waals surface area (Å²) in [6.45, 7) is 1.40. The van der Waals surface area contributed by atoms with Crippen LogP contribution in [-0.2, 0) is 14.8 Å². The Morgan fingerprint density at radius 1 is 0.889 bits per heavy atom. The number of piperidine rings is 1. The minimum atomic E-state index is -3.57. The molecular weight excluding hydrogens is 368 g/mol. The lowest BCUT2D eigenvalue weighted by Crippen LogP contribution is -2.52. The number of benzene rings is 1. The lowest BCUT2D eigenvalue weighted by atomic mass is 10.0. The molecule has 0 unspecified atom stereocenters. The van der Waals surface area contributed by atoms with Crippen molar-refractivity contribution in [3.05, 3.63) is 29.8 Å². The fourth-order valence-electron chi connectivity index (χ4n) is 3.79. The van der Waals surface area contributed by atoms with Crippen LogP contribution in [0.25, 0.3) is 0 Å². The summed E-state index contributed by atoms with van der Waals surface area (Å²) in [7, 11) is -3.57. The minimum absolute atomic E-state index is 0.163. The van der Waals surface area contributed by atoms with Crippen LogP contribution in [0.1, 0.15) is 55.3 Å². The second kappa shape index (κ2) is 8.39. The molecule has 2 fully saturated rings. The third-order valence-electron chi connectivity index (χ3n) is 5.34. The highest BCUT2D eigenvalue weighted by molar-refractivity contribution is 7.89. The van der Waals surface area contributed by atoms with Crippen LogP contribution in [0, 0.1) is 0 Å². The van der Waals surface area contributed by atoms with Crippen LogP contribution in [0.5, 0.6) is 0 Å². The lowest BCUT2D eigenvalue weighted by Gasteiger charge is -2.36. The number of carboxylic acid groups (broad SMARTS) is 1. The summed E-state index contributed by atoms with van der Waals surface area (Å²) < 4.78 is 27.1. The first-order valence-corrected chi connectivity index (χ1v) is 11.0. The SMILES string of the molecule is O=C([O-])[C@@H]1CCCCN1C(=O)c1ccc(S(=O)(=O)N2CCCCCC2)cc1. The van der Waals surface area contributed by atoms with E-state index in [1.807, 2.05) is 0 Å². The smallest absolute Gasteiger partial charge is 0.254 e. The predicted octanol–water partition coefficient (Wildman–Crippen LogP) is 0.996. The van der Waals surface area contributed by atoms with Crippen molar-refractivity contribution in [2.45, 2.75) is 55.9 Å². The molecular formula is C19H25N2O5S-. The van der Waals surface area contributed by atoms with Gasteiger partial charge >= 0.3 is 0 Å². The van der Waals surface area contributed by atoms with Gasteiger partial charge in [0.15, 0.2) is 0 Å². The van der Waals surface area contributed by atoms with E-state index in [1.165, 1.54) is 33.5 Å². The Morgan fingerprint density at radius 2 is 1.48 bits per heavy atom. The summed E-state index contributed by atoms with van der Waals surface area (Å²) in [6, 6.07) is 4.88. The van der Waals surface area contributed by atoms with E-state index in [2.05, 4.69) is 0 Å². The van der Waals surface area contributed by atoms with Crippen LogP contribution in [0.15, 0.2) is 29.2 Å². The Labute approximate surface area is 160 Å². The quantitative estimate of drug-likeness (QED) is 0.760. The average Bonchev–Trinajstić information content (AvgIpc) is 2.97. The van der Waals surface area contributed by atoms with Crippen molar-refractivity contribution < 1.29 is 23.1 Å². The highest BCUT2D eigenvalue weighted by atomic mass is 32.2. The third kappa shape index (κ3) is 4.32. The Bertz CT molecular complexity index is 783. The van der Waals surface area contributed by atoms with Gasteiger partial charge in [-0.05, 0) is 56.4 Å². The van der Waals surface area contributed by atoms with Crippen LogP contribution >= 0.6 is 0 Å². The molecule has 0 saturated carbocycles. The second-order valence-electron chi connectivity index (χ2n) is 7.17. The van der Waals surface area contributed by atoms with Gasteiger partial charge < -0.3 is 14.8 Å². The molecule has 0 spiro atoms. The summed E-state index contributed by atoms with van der Waals surface area (Å²) in [5.74, 6) is -1.65. The maximum Gasteiger partial charge on any atom is 0.254 e. The van der Waals surface area contributed by atoms with Crippen molar-refractivity contribution in [3.63, 3.8) is 0 Å². The standard InChI is InChI=1S/C19H26N2O5S/c22-18(21-14-6-3-7-17(21)19(23)24)15-8-10-16(11-9-15)27(25,26)20-12-4-1-2-5-13-20/h8-11,17H,1-7,12-14H2,(H,23,24)/p-1/t17-/m0/s1. The number of likely N-dealkylation sites (tertiary alicyclic amines) is 1. The van der Waals surface area contributed by atoms with Gasteiger partial charge in [0.25, 0.3) is 5.91 Å². The summed E-state index contributed by atoms with van der Waals surface area (Å²) >= 11 is 0. The molecule has 1 amide bonds. The molecule has 1 atom stereocenters. The second-order valence-corrected chi connectivity index (χ2v) is 9.11. The van der Waals surface area contributed by atoms with Crippen LogP contribution in [0.4, 0.5) is 0 Å². The molecule has 2 saturated heterocycles. The largest absolute Gasteiger partial charge is 0.548 e. The Hall–Kier alpha value is -1.93. The monoisotopic (exact) mass is 393 g/mol. The number of carbonyl (C=O) groups excluding carboxylic acids is 2. The molecule has 0 radical (unpaired) electrons. The zero-order valence-electron chi connectivity index (χ0n) is 15.3. The first-order chi connectivity index (χ1) is 12.9. The number of rotatable bonds is 4. The van der Waals surface area contributed by atoms with E-state index in [9.17, 15) is 23.1 Å². The van der Waals surface area contributed by atoms with E-state index < -0.39 is 27.9 Å². The van der Waals surface area contributed by atoms with Crippen LogP contribution in [0.2, 0.25) is 0 Å². The zero-order valence-corrected chi connectivity index (χ0v) is 16.1. The number of sulfonamides is 1. The Balaban J connectivity index is 1.78. The molecule has 27 heavy (non-hydrogen) atoms. The molecule has 1 aromatic rings. The highest BCUT2D eigenvalue weighted by Crippen LogP contribution is 2.23. The van der Waals surface area contributed by atoms with E-state index in [-0.39, 0.29) is 10.5 Å². The molecule has 2 aliphatic heterocycles. The van der Waals surface area contributed by atoms with Gasteiger partial charge in [-0.25, -0.2) is 8.42 Å². The van der Waals surface area contributed by atoms with Gasteiger partial charge in [0, 0.05) is 25.2 Å². The molecule has 7 nitrogen and oxygen atoms in total. The van der Waals surface area contributed by atoms with Crippen molar-refractivity contribution >= 4 is 21.9 Å². The van der Waals surface area contributed by atoms with Crippen molar-refractivity contribution in [3.8, 4) is 0 Å². The molecule has 0 aromatic heterocycles. The number of aliphatic carboxylic acids is 1. The first-order valence-electron chi connectivity index (χ1n) is 9.53. The van der Waals surface area contributed by atoms with Crippen molar-refractivity contribution in [1.29, 1.82) is 0 Å². The first kappa shape index (κ1) is 19.8. The van der Waals surface area contributed by atoms with E-state index in [1.54, 1.807) is 0 Å². The maximum absolute atomic E-state index is 12.8. The number of amides is 1. The van der Waals surface area contributed by atoms with Gasteiger partial charge in [-0.1, -0.05) is 12.8 Å². The predicted molar refractivity (Wildman–Crippen MR) is 97.4 cm³/mol. The molecule has 0 N–H and O–H groups in total. The van der Waals surface area contributed by atoms with E-state index in [0.29, 0.717) is 26.1 Å². The summed E-state index contributed by atoms with van der Waals surface area (Å²) in [5.41, 5.74) is 0.290. The Kier molecular flexibility index (Phi) is 6.16. The molecule has 2 heterocycles. The molecule has 0 bridgehead atoms. The summed E-state index contributed by atoms with van der Waals surface area (Å²) in [6.07, 6.45) is 5.66. The molecule has 2 aliphatic rings. The highest BCUT2D eigenvalue weighted by Gasteiger charge is 2.29. The van der Waals surface area contributed by atoms with Gasteiger partial charge in [-0.3, -0.25) is 4.79 Å². The van der Waals surface area contributed by atoms with Gasteiger partial charge in [0.05, 0.1) is 16.9 Å². The summed E-state index contributed by atoms with van der Waals surface area (Å²) in [4.78, 5) is 25.5. The molecule has 0 aliphatic carbocycles. The molecule has 3 rings (SSSR count). The number of hydrogen-bond donors (Lipinski definition) is 0. The van der Waals surface area contributed by atoms with E-state index in [0.717, 1.165) is 38.5 Å². The normalized spacial score (nSPS) is 22.2. The maximum atomic E-state index is 12.8. The van der Waals surface area contributed by atoms with Gasteiger partial charge in [-0.2, -0.15) is 4.31 Å². The lowest BCUT2D eigenvalue weighted by molar-refractivity contribution is -0.311. The van der Waals surface area contributed by atoms with Crippen molar-refractivity contribution in [2.75, 3.05) is 19.6 Å². The summed E-state index contributed by atoms with van der Waals surface area (Å²) in [5, 5.41) is 11.3. The number of carbonyl (C=O) groups is 2. The third-order valence-corrected chi connectivity index (χ3v) is 7.25. The molecule has 8 heteroatoms. The zero-order chi connectivity index (χ0) is 19.4. The average molecular weight is 393 g/mol. The van der Waals surface area contributed by atoms with Gasteiger partial charge in [0.2, 0.25) is 10.0 Å². The van der Waals surface area contributed by atoms with Crippen molar-refractivity contribution in [1.82, 2.24) is 9.21 Å². The number of carboxylic acids is 1. The minimum Gasteiger partial charge on any atom is -0.548 e. The fraction of sp³-hybridized carbons (Fsp3) is 0.579. The van der Waals surface area contributed by atoms with Gasteiger partial charge in [-0.15, -0.1) is 0 Å². The molecule has 1 aromatic carbocycles.